The molecule has 79 valence electrons. The molecule has 3 heteroatoms. The van der Waals surface area contributed by atoms with Gasteiger partial charge in [-0.1, -0.05) is 12.1 Å². The van der Waals surface area contributed by atoms with Gasteiger partial charge in [0.05, 0.1) is 0 Å². The van der Waals surface area contributed by atoms with E-state index in [1.165, 1.54) is 0 Å². The molecule has 1 radical (unpaired) electrons. The van der Waals surface area contributed by atoms with E-state index < -0.39 is 0 Å². The maximum Gasteiger partial charge on any atom is 0.231 e. The molecule has 1 aliphatic heterocycles. The number of phenolic OH excluding ortho intramolecular Hbond substituents is 1. The molecule has 2 aromatic rings. The van der Waals surface area contributed by atoms with E-state index in [1.54, 1.807) is 12.1 Å². The fourth-order valence-electron chi connectivity index (χ4n) is 1.67. The summed E-state index contributed by atoms with van der Waals surface area (Å²) in [6.07, 6.45) is 0. The molecule has 0 saturated heterocycles. The lowest BCUT2D eigenvalue weighted by atomic mass is 10.1. The summed E-state index contributed by atoms with van der Waals surface area (Å²) >= 11 is 0. The van der Waals surface area contributed by atoms with Gasteiger partial charge in [-0.25, -0.2) is 0 Å². The molecule has 16 heavy (non-hydrogen) atoms. The zero-order chi connectivity index (χ0) is 11.0. The first-order chi connectivity index (χ1) is 7.83. The number of ether oxygens (including phenoxy) is 2. The number of rotatable bonds is 1. The highest BCUT2D eigenvalue weighted by Gasteiger charge is 2.13. The number of hydrogen-bond acceptors (Lipinski definition) is 3. The van der Waals surface area contributed by atoms with Crippen LogP contribution in [0.1, 0.15) is 0 Å². The van der Waals surface area contributed by atoms with Crippen LogP contribution in [0.15, 0.2) is 36.4 Å². The van der Waals surface area contributed by atoms with E-state index >= 15 is 0 Å². The summed E-state index contributed by atoms with van der Waals surface area (Å²) in [5.74, 6) is 1.67. The smallest absolute Gasteiger partial charge is 0.231 e. The van der Waals surface area contributed by atoms with Gasteiger partial charge in [-0.2, -0.15) is 0 Å². The monoisotopic (exact) mass is 213 g/mol. The summed E-state index contributed by atoms with van der Waals surface area (Å²) in [7, 11) is 0. The Hall–Kier alpha value is -2.16. The molecule has 1 heterocycles. The van der Waals surface area contributed by atoms with Crippen LogP contribution in [-0.2, 0) is 0 Å². The van der Waals surface area contributed by atoms with Crippen LogP contribution in [0.4, 0.5) is 0 Å². The Bertz CT molecular complexity index is 517. The second-order valence-corrected chi connectivity index (χ2v) is 3.53. The normalized spacial score (nSPS) is 12.8. The predicted octanol–water partition coefficient (Wildman–Crippen LogP) is 2.59. The average molecular weight is 213 g/mol. The molecule has 0 amide bonds. The fraction of sp³-hybridized carbons (Fsp3) is 0.0769. The van der Waals surface area contributed by atoms with Crippen LogP contribution >= 0.6 is 0 Å². The zero-order valence-corrected chi connectivity index (χ0v) is 8.43. The van der Waals surface area contributed by atoms with E-state index in [2.05, 4.69) is 6.07 Å². The molecular formula is C13H9O3. The molecule has 0 aromatic heterocycles. The van der Waals surface area contributed by atoms with Gasteiger partial charge in [-0.15, -0.1) is 0 Å². The Morgan fingerprint density at radius 1 is 1.00 bits per heavy atom. The van der Waals surface area contributed by atoms with E-state index in [-0.39, 0.29) is 12.5 Å². The Balaban J connectivity index is 2.03. The Morgan fingerprint density at radius 3 is 2.62 bits per heavy atom. The highest BCUT2D eigenvalue weighted by atomic mass is 16.7. The lowest BCUT2D eigenvalue weighted by Gasteiger charge is -2.03. The molecule has 0 atom stereocenters. The number of hydrogen-bond donors (Lipinski definition) is 1. The maximum atomic E-state index is 9.16. The van der Waals surface area contributed by atoms with Crippen molar-refractivity contribution in [3.63, 3.8) is 0 Å². The summed E-state index contributed by atoms with van der Waals surface area (Å²) in [5.41, 5.74) is 2.00. The number of benzene rings is 2. The SMILES string of the molecule is Oc1[c]cc(-c2ccc3c(c2)OCO3)cc1. The van der Waals surface area contributed by atoms with Crippen molar-refractivity contribution in [2.75, 3.05) is 6.79 Å². The summed E-state index contributed by atoms with van der Waals surface area (Å²) in [4.78, 5) is 0. The standard InChI is InChI=1S/C13H9O3/c14-11-4-1-9(2-5-11)10-3-6-12-13(7-10)16-8-15-12/h1-4,6-7,14H,8H2. The van der Waals surface area contributed by atoms with Crippen molar-refractivity contribution in [1.82, 2.24) is 0 Å². The summed E-state index contributed by atoms with van der Waals surface area (Å²) < 4.78 is 10.5. The first-order valence-electron chi connectivity index (χ1n) is 4.94. The Kier molecular flexibility index (Phi) is 1.96. The Morgan fingerprint density at radius 2 is 1.81 bits per heavy atom. The quantitative estimate of drug-likeness (QED) is 0.791. The van der Waals surface area contributed by atoms with Crippen LogP contribution < -0.4 is 9.47 Å². The fourth-order valence-corrected chi connectivity index (χ4v) is 1.67. The van der Waals surface area contributed by atoms with E-state index in [9.17, 15) is 0 Å². The van der Waals surface area contributed by atoms with Crippen molar-refractivity contribution >= 4 is 0 Å². The molecule has 2 aromatic carbocycles. The van der Waals surface area contributed by atoms with Gasteiger partial charge in [0.25, 0.3) is 0 Å². The van der Waals surface area contributed by atoms with Crippen LogP contribution in [0.5, 0.6) is 17.2 Å². The minimum absolute atomic E-state index is 0.143. The van der Waals surface area contributed by atoms with E-state index in [0.717, 1.165) is 22.6 Å². The van der Waals surface area contributed by atoms with Gasteiger partial charge in [0, 0.05) is 6.07 Å². The zero-order valence-electron chi connectivity index (χ0n) is 8.43. The highest BCUT2D eigenvalue weighted by molar-refractivity contribution is 5.67. The van der Waals surface area contributed by atoms with Gasteiger partial charge < -0.3 is 14.6 Å². The predicted molar refractivity (Wildman–Crippen MR) is 58.5 cm³/mol. The molecule has 1 N–H and O–H groups in total. The van der Waals surface area contributed by atoms with Gasteiger partial charge in [-0.3, -0.25) is 0 Å². The minimum Gasteiger partial charge on any atom is -0.507 e. The highest BCUT2D eigenvalue weighted by Crippen LogP contribution is 2.35. The molecule has 0 saturated carbocycles. The summed E-state index contributed by atoms with van der Waals surface area (Å²) in [5, 5.41) is 9.16. The summed E-state index contributed by atoms with van der Waals surface area (Å²) in [6, 6.07) is 13.7. The topological polar surface area (TPSA) is 38.7 Å². The third-order valence-electron chi connectivity index (χ3n) is 2.50. The maximum absolute atomic E-state index is 9.16. The molecule has 3 rings (SSSR count). The van der Waals surface area contributed by atoms with Crippen LogP contribution in [0.2, 0.25) is 0 Å². The van der Waals surface area contributed by atoms with Crippen molar-refractivity contribution < 1.29 is 14.6 Å². The van der Waals surface area contributed by atoms with Crippen LogP contribution in [0.25, 0.3) is 11.1 Å². The third-order valence-corrected chi connectivity index (χ3v) is 2.50. The van der Waals surface area contributed by atoms with Crippen molar-refractivity contribution in [1.29, 1.82) is 0 Å². The molecule has 3 nitrogen and oxygen atoms in total. The van der Waals surface area contributed by atoms with E-state index in [0.29, 0.717) is 0 Å². The first-order valence-corrected chi connectivity index (χ1v) is 4.94. The van der Waals surface area contributed by atoms with Crippen LogP contribution in [0, 0.1) is 6.07 Å². The first kappa shape index (κ1) is 9.09. The van der Waals surface area contributed by atoms with Gasteiger partial charge >= 0.3 is 0 Å². The molecule has 0 bridgehead atoms. The van der Waals surface area contributed by atoms with Gasteiger partial charge in [0.2, 0.25) is 6.79 Å². The van der Waals surface area contributed by atoms with E-state index in [4.69, 9.17) is 14.6 Å². The lowest BCUT2D eigenvalue weighted by molar-refractivity contribution is 0.174. The van der Waals surface area contributed by atoms with E-state index in [1.807, 2.05) is 24.3 Å². The molecule has 1 aliphatic rings. The molecule has 0 spiro atoms. The second-order valence-electron chi connectivity index (χ2n) is 3.53. The van der Waals surface area contributed by atoms with Crippen molar-refractivity contribution in [2.45, 2.75) is 0 Å². The van der Waals surface area contributed by atoms with Crippen molar-refractivity contribution in [3.05, 3.63) is 42.5 Å². The number of phenols is 1. The second kappa shape index (κ2) is 3.45. The lowest BCUT2D eigenvalue weighted by Crippen LogP contribution is -1.92. The molecule has 0 unspecified atom stereocenters. The molecule has 0 fully saturated rings. The minimum atomic E-state index is 0.143. The number of aromatic hydroxyl groups is 1. The van der Waals surface area contributed by atoms with Gasteiger partial charge in [0.1, 0.15) is 5.75 Å². The number of fused-ring (bicyclic) bond motifs is 1. The van der Waals surface area contributed by atoms with Crippen molar-refractivity contribution in [2.24, 2.45) is 0 Å². The third kappa shape index (κ3) is 1.46. The van der Waals surface area contributed by atoms with Crippen LogP contribution in [0.3, 0.4) is 0 Å². The summed E-state index contributed by atoms with van der Waals surface area (Å²) in [6.45, 7) is 0.278. The van der Waals surface area contributed by atoms with Gasteiger partial charge in [-0.05, 0) is 35.4 Å². The Labute approximate surface area is 92.9 Å². The van der Waals surface area contributed by atoms with Crippen molar-refractivity contribution in [3.8, 4) is 28.4 Å². The average Bonchev–Trinajstić information content (AvgIpc) is 2.77. The molecular weight excluding hydrogens is 204 g/mol. The largest absolute Gasteiger partial charge is 0.507 e. The molecule has 0 aliphatic carbocycles. The van der Waals surface area contributed by atoms with Crippen LogP contribution in [-0.4, -0.2) is 11.9 Å². The van der Waals surface area contributed by atoms with Gasteiger partial charge in [0.15, 0.2) is 11.5 Å².